The Balaban J connectivity index is 1.87. The molecule has 2 rings (SSSR count). The average molecular weight is 366 g/mol. The minimum absolute atomic E-state index is 0.104. The number of ether oxygens (including phenoxy) is 1. The van der Waals surface area contributed by atoms with Crippen LogP contribution in [0.1, 0.15) is 25.8 Å². The number of anilines is 2. The number of hydrogen-bond acceptors (Lipinski definition) is 3. The van der Waals surface area contributed by atoms with Gasteiger partial charge in [-0.2, -0.15) is 13.2 Å². The molecule has 2 aromatic carbocycles. The van der Waals surface area contributed by atoms with E-state index in [0.29, 0.717) is 11.4 Å². The van der Waals surface area contributed by atoms with Gasteiger partial charge in [-0.05, 0) is 55.8 Å². The van der Waals surface area contributed by atoms with Crippen LogP contribution in [0.15, 0.2) is 48.5 Å². The van der Waals surface area contributed by atoms with Gasteiger partial charge >= 0.3 is 6.18 Å². The normalized spacial score (nSPS) is 12.3. The number of benzene rings is 2. The lowest BCUT2D eigenvalue weighted by Crippen LogP contribution is -2.22. The Morgan fingerprint density at radius 3 is 2.42 bits per heavy atom. The molecule has 0 saturated carbocycles. The van der Waals surface area contributed by atoms with Gasteiger partial charge in [-0.25, -0.2) is 0 Å². The molecular formula is C19H21F3N2O2. The molecule has 1 atom stereocenters. The first-order valence-electron chi connectivity index (χ1n) is 8.25. The Morgan fingerprint density at radius 2 is 1.81 bits per heavy atom. The summed E-state index contributed by atoms with van der Waals surface area (Å²) in [4.78, 5) is 11.9. The highest BCUT2D eigenvalue weighted by atomic mass is 19.4. The number of carbonyl (C=O) groups is 1. The summed E-state index contributed by atoms with van der Waals surface area (Å²) in [7, 11) is 0. The molecule has 0 saturated heterocycles. The molecule has 0 aliphatic heterocycles. The van der Waals surface area contributed by atoms with Crippen molar-refractivity contribution in [2.24, 2.45) is 0 Å². The van der Waals surface area contributed by atoms with Gasteiger partial charge in [0, 0.05) is 11.4 Å². The zero-order valence-corrected chi connectivity index (χ0v) is 14.6. The second-order valence-electron chi connectivity index (χ2n) is 5.84. The first-order chi connectivity index (χ1) is 12.3. The molecule has 0 fully saturated rings. The Labute approximate surface area is 150 Å². The molecule has 0 radical (unpaired) electrons. The van der Waals surface area contributed by atoms with E-state index in [-0.39, 0.29) is 24.2 Å². The van der Waals surface area contributed by atoms with Crippen LogP contribution in [0.4, 0.5) is 24.5 Å². The predicted molar refractivity (Wildman–Crippen MR) is 95.4 cm³/mol. The van der Waals surface area contributed by atoms with Crippen molar-refractivity contribution in [1.29, 1.82) is 0 Å². The fourth-order valence-corrected chi connectivity index (χ4v) is 2.13. The first kappa shape index (κ1) is 19.6. The maximum Gasteiger partial charge on any atom is 0.416 e. The average Bonchev–Trinajstić information content (AvgIpc) is 2.61. The second-order valence-corrected chi connectivity index (χ2v) is 5.84. The van der Waals surface area contributed by atoms with Crippen molar-refractivity contribution >= 4 is 17.3 Å². The molecule has 0 bridgehead atoms. The van der Waals surface area contributed by atoms with E-state index in [9.17, 15) is 18.0 Å². The lowest BCUT2D eigenvalue weighted by atomic mass is 10.2. The predicted octanol–water partition coefficient (Wildman–Crippen LogP) is 4.93. The molecule has 26 heavy (non-hydrogen) atoms. The van der Waals surface area contributed by atoms with Crippen molar-refractivity contribution in [3.05, 3.63) is 54.1 Å². The highest BCUT2D eigenvalue weighted by molar-refractivity contribution is 5.93. The van der Waals surface area contributed by atoms with Gasteiger partial charge in [0.25, 0.3) is 0 Å². The summed E-state index contributed by atoms with van der Waals surface area (Å²) in [6, 6.07) is 11.6. The van der Waals surface area contributed by atoms with Crippen LogP contribution in [-0.2, 0) is 11.0 Å². The number of halogens is 3. The van der Waals surface area contributed by atoms with Gasteiger partial charge in [0.15, 0.2) is 0 Å². The fourth-order valence-electron chi connectivity index (χ4n) is 2.13. The van der Waals surface area contributed by atoms with E-state index >= 15 is 0 Å². The minimum atomic E-state index is -4.42. The van der Waals surface area contributed by atoms with Crippen molar-refractivity contribution in [2.75, 3.05) is 17.2 Å². The third-order valence-electron chi connectivity index (χ3n) is 3.69. The highest BCUT2D eigenvalue weighted by Gasteiger charge is 2.30. The number of carbonyl (C=O) groups excluding carboxylic acids is 1. The quantitative estimate of drug-likeness (QED) is 0.730. The van der Waals surface area contributed by atoms with Crippen molar-refractivity contribution in [2.45, 2.75) is 32.5 Å². The maximum atomic E-state index is 12.7. The summed E-state index contributed by atoms with van der Waals surface area (Å²) in [5, 5.41) is 5.36. The van der Waals surface area contributed by atoms with Crippen molar-refractivity contribution in [3.63, 3.8) is 0 Å². The van der Waals surface area contributed by atoms with E-state index in [4.69, 9.17) is 4.74 Å². The van der Waals surface area contributed by atoms with E-state index in [0.717, 1.165) is 18.6 Å². The number of alkyl halides is 3. The first-order valence-corrected chi connectivity index (χ1v) is 8.25. The number of rotatable bonds is 7. The van der Waals surface area contributed by atoms with E-state index in [2.05, 4.69) is 10.6 Å². The Morgan fingerprint density at radius 1 is 1.12 bits per heavy atom. The molecular weight excluding hydrogens is 345 g/mol. The second kappa shape index (κ2) is 8.60. The van der Waals surface area contributed by atoms with Gasteiger partial charge in [-0.1, -0.05) is 13.0 Å². The zero-order valence-electron chi connectivity index (χ0n) is 14.6. The summed E-state index contributed by atoms with van der Waals surface area (Å²) in [6.45, 7) is 3.85. The van der Waals surface area contributed by atoms with E-state index in [1.165, 1.54) is 12.1 Å². The smallest absolute Gasteiger partial charge is 0.416 e. The maximum absolute atomic E-state index is 12.7. The third kappa shape index (κ3) is 5.98. The van der Waals surface area contributed by atoms with Crippen LogP contribution >= 0.6 is 0 Å². The van der Waals surface area contributed by atoms with Crippen LogP contribution in [0.3, 0.4) is 0 Å². The summed E-state index contributed by atoms with van der Waals surface area (Å²) in [6.07, 6.45) is -3.43. The monoisotopic (exact) mass is 366 g/mol. The van der Waals surface area contributed by atoms with Gasteiger partial charge < -0.3 is 15.4 Å². The summed E-state index contributed by atoms with van der Waals surface area (Å²) < 4.78 is 43.7. The molecule has 2 aromatic rings. The highest BCUT2D eigenvalue weighted by Crippen LogP contribution is 2.30. The van der Waals surface area contributed by atoms with Crippen molar-refractivity contribution in [3.8, 4) is 5.75 Å². The molecule has 7 heteroatoms. The number of hydrogen-bond donors (Lipinski definition) is 2. The Hall–Kier alpha value is -2.70. The van der Waals surface area contributed by atoms with Crippen molar-refractivity contribution < 1.29 is 22.7 Å². The molecule has 0 heterocycles. The topological polar surface area (TPSA) is 50.4 Å². The number of nitrogens with one attached hydrogen (secondary N) is 2. The van der Waals surface area contributed by atoms with Crippen LogP contribution in [0.2, 0.25) is 0 Å². The molecule has 0 aromatic heterocycles. The molecule has 140 valence electrons. The summed E-state index contributed by atoms with van der Waals surface area (Å²) in [5.74, 6) is 0.345. The van der Waals surface area contributed by atoms with E-state index in [1.54, 1.807) is 24.3 Å². The SMILES string of the molecule is CCC(C)Oc1ccc(NC(=O)CNc2cccc(C(F)(F)F)c2)cc1. The van der Waals surface area contributed by atoms with Gasteiger partial charge in [0.2, 0.25) is 5.91 Å². The van der Waals surface area contributed by atoms with Crippen LogP contribution in [-0.4, -0.2) is 18.6 Å². The molecule has 0 spiro atoms. The van der Waals surface area contributed by atoms with Gasteiger partial charge in [0.1, 0.15) is 5.75 Å². The Bertz CT molecular complexity index is 730. The van der Waals surface area contributed by atoms with Gasteiger partial charge in [0.05, 0.1) is 18.2 Å². The molecule has 1 unspecified atom stereocenters. The Kier molecular flexibility index (Phi) is 6.49. The lowest BCUT2D eigenvalue weighted by Gasteiger charge is -2.13. The van der Waals surface area contributed by atoms with Crippen LogP contribution < -0.4 is 15.4 Å². The molecule has 0 aliphatic rings. The summed E-state index contributed by atoms with van der Waals surface area (Å²) in [5.41, 5.74) is 0.0458. The molecule has 4 nitrogen and oxygen atoms in total. The van der Waals surface area contributed by atoms with E-state index in [1.807, 2.05) is 13.8 Å². The standard InChI is InChI=1S/C19H21F3N2O2/c1-3-13(2)26-17-9-7-15(8-10-17)24-18(25)12-23-16-6-4-5-14(11-16)19(20,21)22/h4-11,13,23H,3,12H2,1-2H3,(H,24,25). The largest absolute Gasteiger partial charge is 0.491 e. The number of amides is 1. The zero-order chi connectivity index (χ0) is 19.2. The van der Waals surface area contributed by atoms with Crippen LogP contribution in [0.5, 0.6) is 5.75 Å². The van der Waals surface area contributed by atoms with E-state index < -0.39 is 11.7 Å². The van der Waals surface area contributed by atoms with Gasteiger partial charge in [-0.3, -0.25) is 4.79 Å². The summed E-state index contributed by atoms with van der Waals surface area (Å²) >= 11 is 0. The molecule has 2 N–H and O–H groups in total. The minimum Gasteiger partial charge on any atom is -0.491 e. The third-order valence-corrected chi connectivity index (χ3v) is 3.69. The fraction of sp³-hybridized carbons (Fsp3) is 0.316. The van der Waals surface area contributed by atoms with Crippen LogP contribution in [0, 0.1) is 0 Å². The lowest BCUT2D eigenvalue weighted by molar-refractivity contribution is -0.137. The van der Waals surface area contributed by atoms with Crippen molar-refractivity contribution in [1.82, 2.24) is 0 Å². The van der Waals surface area contributed by atoms with Gasteiger partial charge in [-0.15, -0.1) is 0 Å². The van der Waals surface area contributed by atoms with Crippen LogP contribution in [0.25, 0.3) is 0 Å². The molecule has 1 amide bonds. The molecule has 0 aliphatic carbocycles.